The second kappa shape index (κ2) is 3.41. The van der Waals surface area contributed by atoms with Gasteiger partial charge >= 0.3 is 0 Å². The lowest BCUT2D eigenvalue weighted by Gasteiger charge is -1.98. The number of hydrogen-bond donors (Lipinski definition) is 2. The Morgan fingerprint density at radius 3 is 3.07 bits per heavy atom. The largest absolute Gasteiger partial charge is 0.464 e. The van der Waals surface area contributed by atoms with Crippen LogP contribution in [-0.2, 0) is 6.42 Å². The van der Waals surface area contributed by atoms with Crippen molar-refractivity contribution in [3.8, 4) is 0 Å². The van der Waals surface area contributed by atoms with Crippen molar-refractivity contribution in [2.45, 2.75) is 6.42 Å². The number of nitrogens with zero attached hydrogens (tertiary/aromatic N) is 1. The van der Waals surface area contributed by atoms with Crippen molar-refractivity contribution in [1.29, 1.82) is 0 Å². The highest BCUT2D eigenvalue weighted by atomic mass is 16.4. The molecule has 1 heterocycles. The van der Waals surface area contributed by atoms with Crippen molar-refractivity contribution in [1.82, 2.24) is 0 Å². The minimum atomic E-state index is 0.202. The van der Waals surface area contributed by atoms with Gasteiger partial charge in [0.15, 0.2) is 0 Å². The van der Waals surface area contributed by atoms with E-state index >= 15 is 0 Å². The number of fused-ring (bicyclic) bond motifs is 1. The molecule has 4 heteroatoms. The highest BCUT2D eigenvalue weighted by Crippen LogP contribution is 2.17. The third kappa shape index (κ3) is 1.54. The first-order chi connectivity index (χ1) is 6.79. The quantitative estimate of drug-likeness (QED) is 0.328. The Bertz CT molecular complexity index is 474. The molecule has 0 radical (unpaired) electrons. The molecule has 72 valence electrons. The lowest BCUT2D eigenvalue weighted by atomic mass is 10.1. The van der Waals surface area contributed by atoms with Crippen molar-refractivity contribution in [3.05, 3.63) is 36.1 Å². The number of hydrogen-bond acceptors (Lipinski definition) is 3. The molecular formula is C10H10N2O2. The summed E-state index contributed by atoms with van der Waals surface area (Å²) in [7, 11) is 0. The fourth-order valence-corrected chi connectivity index (χ4v) is 1.37. The summed E-state index contributed by atoms with van der Waals surface area (Å²) in [5.74, 6) is 0.202. The second-order valence-electron chi connectivity index (χ2n) is 3.06. The van der Waals surface area contributed by atoms with E-state index in [1.807, 2.05) is 24.3 Å². The zero-order valence-corrected chi connectivity index (χ0v) is 7.47. The zero-order chi connectivity index (χ0) is 9.97. The third-order valence-corrected chi connectivity index (χ3v) is 2.03. The lowest BCUT2D eigenvalue weighted by molar-refractivity contribution is 0.317. The number of rotatable bonds is 2. The second-order valence-corrected chi connectivity index (χ2v) is 3.06. The monoisotopic (exact) mass is 190 g/mol. The van der Waals surface area contributed by atoms with Crippen molar-refractivity contribution in [3.63, 3.8) is 0 Å². The SMILES string of the molecule is NC(Cc1ccc2occc2c1)=NO. The lowest BCUT2D eigenvalue weighted by Crippen LogP contribution is -2.14. The predicted molar refractivity (Wildman–Crippen MR) is 53.3 cm³/mol. The normalized spacial score (nSPS) is 12.1. The van der Waals surface area contributed by atoms with Gasteiger partial charge in [-0.15, -0.1) is 0 Å². The zero-order valence-electron chi connectivity index (χ0n) is 7.47. The van der Waals surface area contributed by atoms with Crippen LogP contribution in [0.3, 0.4) is 0 Å². The van der Waals surface area contributed by atoms with Gasteiger partial charge in [0.1, 0.15) is 11.4 Å². The van der Waals surface area contributed by atoms with Gasteiger partial charge in [-0.25, -0.2) is 0 Å². The van der Waals surface area contributed by atoms with E-state index in [1.54, 1.807) is 6.26 Å². The van der Waals surface area contributed by atoms with E-state index in [9.17, 15) is 0 Å². The Morgan fingerprint density at radius 2 is 2.29 bits per heavy atom. The average molecular weight is 190 g/mol. The minimum Gasteiger partial charge on any atom is -0.464 e. The molecule has 0 saturated carbocycles. The topological polar surface area (TPSA) is 71.8 Å². The van der Waals surface area contributed by atoms with Crippen LogP contribution in [0.1, 0.15) is 5.56 Å². The molecule has 0 aliphatic carbocycles. The molecule has 0 atom stereocenters. The highest BCUT2D eigenvalue weighted by molar-refractivity contribution is 5.84. The molecule has 14 heavy (non-hydrogen) atoms. The first-order valence-corrected chi connectivity index (χ1v) is 4.22. The van der Waals surface area contributed by atoms with Gasteiger partial charge in [0.2, 0.25) is 0 Å². The minimum absolute atomic E-state index is 0.202. The summed E-state index contributed by atoms with van der Waals surface area (Å²) in [5.41, 5.74) is 7.24. The maximum atomic E-state index is 8.41. The molecule has 1 aromatic carbocycles. The van der Waals surface area contributed by atoms with E-state index in [0.29, 0.717) is 6.42 Å². The van der Waals surface area contributed by atoms with E-state index in [2.05, 4.69) is 5.16 Å². The van der Waals surface area contributed by atoms with E-state index in [0.717, 1.165) is 16.5 Å². The molecule has 0 amide bonds. The summed E-state index contributed by atoms with van der Waals surface area (Å²) in [6.07, 6.45) is 2.08. The first kappa shape index (κ1) is 8.62. The summed E-state index contributed by atoms with van der Waals surface area (Å²) in [4.78, 5) is 0. The fourth-order valence-electron chi connectivity index (χ4n) is 1.37. The van der Waals surface area contributed by atoms with Crippen molar-refractivity contribution < 1.29 is 9.62 Å². The standard InChI is InChI=1S/C10H10N2O2/c11-10(12-13)6-7-1-2-9-8(5-7)3-4-14-9/h1-5,13H,6H2,(H2,11,12). The van der Waals surface area contributed by atoms with E-state index in [4.69, 9.17) is 15.4 Å². The maximum Gasteiger partial charge on any atom is 0.143 e. The summed E-state index contributed by atoms with van der Waals surface area (Å²) < 4.78 is 5.19. The Balaban J connectivity index is 2.34. The van der Waals surface area contributed by atoms with Crippen LogP contribution in [0.4, 0.5) is 0 Å². The molecule has 1 aromatic heterocycles. The van der Waals surface area contributed by atoms with Crippen LogP contribution in [0.15, 0.2) is 40.1 Å². The predicted octanol–water partition coefficient (Wildman–Crippen LogP) is 1.72. The molecule has 0 unspecified atom stereocenters. The van der Waals surface area contributed by atoms with Gasteiger partial charge in [-0.05, 0) is 23.8 Å². The first-order valence-electron chi connectivity index (χ1n) is 4.22. The van der Waals surface area contributed by atoms with Crippen molar-refractivity contribution >= 4 is 16.8 Å². The van der Waals surface area contributed by atoms with Crippen LogP contribution in [-0.4, -0.2) is 11.0 Å². The molecule has 0 aliphatic heterocycles. The average Bonchev–Trinajstić information content (AvgIpc) is 2.64. The molecule has 0 spiro atoms. The summed E-state index contributed by atoms with van der Waals surface area (Å²) in [5, 5.41) is 12.4. The molecule has 0 saturated heterocycles. The summed E-state index contributed by atoms with van der Waals surface area (Å²) >= 11 is 0. The van der Waals surface area contributed by atoms with Crippen LogP contribution in [0.5, 0.6) is 0 Å². The Morgan fingerprint density at radius 1 is 1.43 bits per heavy atom. The number of nitrogens with two attached hydrogens (primary N) is 1. The molecule has 0 fully saturated rings. The van der Waals surface area contributed by atoms with E-state index in [1.165, 1.54) is 0 Å². The van der Waals surface area contributed by atoms with E-state index < -0.39 is 0 Å². The van der Waals surface area contributed by atoms with Gasteiger partial charge in [-0.2, -0.15) is 0 Å². The molecule has 0 aliphatic rings. The Hall–Kier alpha value is -1.97. The highest BCUT2D eigenvalue weighted by Gasteiger charge is 2.00. The fraction of sp³-hybridized carbons (Fsp3) is 0.100. The molecule has 0 bridgehead atoms. The molecular weight excluding hydrogens is 180 g/mol. The summed E-state index contributed by atoms with van der Waals surface area (Å²) in [6, 6.07) is 7.60. The Kier molecular flexibility index (Phi) is 2.10. The molecule has 2 rings (SSSR count). The third-order valence-electron chi connectivity index (χ3n) is 2.03. The molecule has 2 aromatic rings. The van der Waals surface area contributed by atoms with Gasteiger partial charge in [-0.1, -0.05) is 11.2 Å². The number of oxime groups is 1. The van der Waals surface area contributed by atoms with Crippen LogP contribution in [0.25, 0.3) is 11.0 Å². The molecule has 4 nitrogen and oxygen atoms in total. The Labute approximate surface area is 80.6 Å². The van der Waals surface area contributed by atoms with Gasteiger partial charge in [0.25, 0.3) is 0 Å². The van der Waals surface area contributed by atoms with Gasteiger partial charge in [-0.3, -0.25) is 0 Å². The van der Waals surface area contributed by atoms with Crippen molar-refractivity contribution in [2.75, 3.05) is 0 Å². The number of furan rings is 1. The number of benzene rings is 1. The number of amidine groups is 1. The van der Waals surface area contributed by atoms with Gasteiger partial charge in [0.05, 0.1) is 6.26 Å². The van der Waals surface area contributed by atoms with Crippen LogP contribution < -0.4 is 5.73 Å². The summed E-state index contributed by atoms with van der Waals surface area (Å²) in [6.45, 7) is 0. The smallest absolute Gasteiger partial charge is 0.143 e. The van der Waals surface area contributed by atoms with E-state index in [-0.39, 0.29) is 5.84 Å². The maximum absolute atomic E-state index is 8.41. The van der Waals surface area contributed by atoms with Crippen LogP contribution in [0.2, 0.25) is 0 Å². The van der Waals surface area contributed by atoms with Gasteiger partial charge in [0, 0.05) is 11.8 Å². The van der Waals surface area contributed by atoms with Crippen LogP contribution >= 0.6 is 0 Å². The van der Waals surface area contributed by atoms with Crippen molar-refractivity contribution in [2.24, 2.45) is 10.9 Å². The van der Waals surface area contributed by atoms with Crippen LogP contribution in [0, 0.1) is 0 Å². The molecule has 3 N–H and O–H groups in total. The van der Waals surface area contributed by atoms with Gasteiger partial charge < -0.3 is 15.4 Å².